The van der Waals surface area contributed by atoms with E-state index in [0.29, 0.717) is 6.61 Å². The van der Waals surface area contributed by atoms with Gasteiger partial charge < -0.3 is 19.9 Å². The second-order valence-electron chi connectivity index (χ2n) is 4.48. The lowest BCUT2D eigenvalue weighted by atomic mass is 10.1. The van der Waals surface area contributed by atoms with Crippen molar-refractivity contribution in [3.63, 3.8) is 0 Å². The first-order valence-electron chi connectivity index (χ1n) is 6.89. The molecule has 0 aliphatic heterocycles. The first kappa shape index (κ1) is 15.8. The molecule has 4 heteroatoms. The van der Waals surface area contributed by atoms with Crippen LogP contribution in [0.3, 0.4) is 0 Å². The summed E-state index contributed by atoms with van der Waals surface area (Å²) in [7, 11) is 1.64. The maximum absolute atomic E-state index is 9.27. The highest BCUT2D eigenvalue weighted by Gasteiger charge is 2.10. The van der Waals surface area contributed by atoms with Gasteiger partial charge in [0.1, 0.15) is 6.61 Å². The Labute approximate surface area is 115 Å². The lowest BCUT2D eigenvalue weighted by Gasteiger charge is -2.18. The summed E-state index contributed by atoms with van der Waals surface area (Å²) < 4.78 is 11.1. The second-order valence-corrected chi connectivity index (χ2v) is 4.48. The van der Waals surface area contributed by atoms with E-state index in [2.05, 4.69) is 19.2 Å². The summed E-state index contributed by atoms with van der Waals surface area (Å²) >= 11 is 0. The van der Waals surface area contributed by atoms with E-state index in [1.165, 1.54) is 5.56 Å². The monoisotopic (exact) mass is 267 g/mol. The third kappa shape index (κ3) is 5.09. The third-order valence-corrected chi connectivity index (χ3v) is 2.98. The standard InChI is InChI=1S/C15H25NO3/c1-4-8-16-13(10-17)11-19-14-7-6-12(5-2)9-15(14)18-3/h6-7,9,13,16-17H,4-5,8,10-11H2,1-3H3. The molecule has 1 atom stereocenters. The largest absolute Gasteiger partial charge is 0.493 e. The van der Waals surface area contributed by atoms with Gasteiger partial charge in [-0.25, -0.2) is 0 Å². The predicted molar refractivity (Wildman–Crippen MR) is 77.0 cm³/mol. The number of hydrogen-bond donors (Lipinski definition) is 2. The lowest BCUT2D eigenvalue weighted by Crippen LogP contribution is -2.38. The Morgan fingerprint density at radius 1 is 1.26 bits per heavy atom. The Morgan fingerprint density at radius 2 is 2.05 bits per heavy atom. The number of aliphatic hydroxyl groups is 1. The number of aryl methyl sites for hydroxylation is 1. The smallest absolute Gasteiger partial charge is 0.161 e. The molecule has 0 amide bonds. The summed E-state index contributed by atoms with van der Waals surface area (Å²) in [5.74, 6) is 1.46. The summed E-state index contributed by atoms with van der Waals surface area (Å²) in [6.45, 7) is 5.56. The molecule has 0 radical (unpaired) electrons. The highest BCUT2D eigenvalue weighted by Crippen LogP contribution is 2.28. The van der Waals surface area contributed by atoms with Gasteiger partial charge in [0.2, 0.25) is 0 Å². The molecular weight excluding hydrogens is 242 g/mol. The van der Waals surface area contributed by atoms with Crippen LogP contribution in [0.4, 0.5) is 0 Å². The highest BCUT2D eigenvalue weighted by atomic mass is 16.5. The average molecular weight is 267 g/mol. The van der Waals surface area contributed by atoms with E-state index in [4.69, 9.17) is 9.47 Å². The fourth-order valence-electron chi connectivity index (χ4n) is 1.77. The maximum atomic E-state index is 9.27. The van der Waals surface area contributed by atoms with Gasteiger partial charge >= 0.3 is 0 Å². The van der Waals surface area contributed by atoms with Crippen molar-refractivity contribution in [2.75, 3.05) is 26.9 Å². The first-order chi connectivity index (χ1) is 9.24. The molecule has 1 aromatic rings. The minimum Gasteiger partial charge on any atom is -0.493 e. The molecule has 0 saturated heterocycles. The predicted octanol–water partition coefficient (Wildman–Crippen LogP) is 2.00. The van der Waals surface area contributed by atoms with Gasteiger partial charge in [-0.2, -0.15) is 0 Å². The fraction of sp³-hybridized carbons (Fsp3) is 0.600. The van der Waals surface area contributed by atoms with Crippen LogP contribution in [0.15, 0.2) is 18.2 Å². The van der Waals surface area contributed by atoms with Crippen LogP contribution in [0.25, 0.3) is 0 Å². The van der Waals surface area contributed by atoms with Gasteiger partial charge in [0, 0.05) is 0 Å². The average Bonchev–Trinajstić information content (AvgIpc) is 2.47. The molecule has 1 aromatic carbocycles. The summed E-state index contributed by atoms with van der Waals surface area (Å²) in [5, 5.41) is 12.5. The van der Waals surface area contributed by atoms with Crippen LogP contribution in [0.2, 0.25) is 0 Å². The normalized spacial score (nSPS) is 12.2. The first-order valence-corrected chi connectivity index (χ1v) is 6.89. The molecule has 0 aliphatic carbocycles. The highest BCUT2D eigenvalue weighted by molar-refractivity contribution is 5.42. The zero-order chi connectivity index (χ0) is 14.1. The van der Waals surface area contributed by atoms with Gasteiger partial charge in [-0.05, 0) is 37.1 Å². The molecule has 0 fully saturated rings. The molecule has 4 nitrogen and oxygen atoms in total. The fourth-order valence-corrected chi connectivity index (χ4v) is 1.77. The molecule has 1 unspecified atom stereocenters. The number of ether oxygens (including phenoxy) is 2. The number of nitrogens with one attached hydrogen (secondary N) is 1. The van der Waals surface area contributed by atoms with E-state index >= 15 is 0 Å². The van der Waals surface area contributed by atoms with Crippen molar-refractivity contribution in [3.05, 3.63) is 23.8 Å². The minimum atomic E-state index is -0.0458. The number of hydrogen-bond acceptors (Lipinski definition) is 4. The van der Waals surface area contributed by atoms with Gasteiger partial charge in [0.05, 0.1) is 19.8 Å². The SMILES string of the molecule is CCCNC(CO)COc1ccc(CC)cc1OC. The zero-order valence-electron chi connectivity index (χ0n) is 12.1. The second kappa shape index (κ2) is 8.77. The van der Waals surface area contributed by atoms with Gasteiger partial charge in [0.15, 0.2) is 11.5 Å². The molecule has 0 saturated carbocycles. The quantitative estimate of drug-likeness (QED) is 0.718. The zero-order valence-corrected chi connectivity index (χ0v) is 12.1. The molecule has 2 N–H and O–H groups in total. The lowest BCUT2D eigenvalue weighted by molar-refractivity contribution is 0.180. The Bertz CT molecular complexity index is 368. The van der Waals surface area contributed by atoms with E-state index in [1.54, 1.807) is 7.11 Å². The van der Waals surface area contributed by atoms with Crippen molar-refractivity contribution in [2.24, 2.45) is 0 Å². The van der Waals surface area contributed by atoms with E-state index in [9.17, 15) is 5.11 Å². The van der Waals surface area contributed by atoms with Gasteiger partial charge in [-0.3, -0.25) is 0 Å². The van der Waals surface area contributed by atoms with E-state index in [-0.39, 0.29) is 12.6 Å². The Hall–Kier alpha value is -1.26. The number of methoxy groups -OCH3 is 1. The van der Waals surface area contributed by atoms with Gasteiger partial charge in [0.25, 0.3) is 0 Å². The molecular formula is C15H25NO3. The molecule has 0 heterocycles. The molecule has 0 spiro atoms. The van der Waals surface area contributed by atoms with Crippen molar-refractivity contribution in [3.8, 4) is 11.5 Å². The number of benzene rings is 1. The van der Waals surface area contributed by atoms with Crippen LogP contribution in [0.1, 0.15) is 25.8 Å². The minimum absolute atomic E-state index is 0.0458. The van der Waals surface area contributed by atoms with Crippen LogP contribution in [0.5, 0.6) is 11.5 Å². The van der Waals surface area contributed by atoms with Crippen LogP contribution in [-0.4, -0.2) is 38.0 Å². The van der Waals surface area contributed by atoms with Gasteiger partial charge in [-0.15, -0.1) is 0 Å². The third-order valence-electron chi connectivity index (χ3n) is 2.98. The molecule has 0 aliphatic rings. The van der Waals surface area contributed by atoms with E-state index < -0.39 is 0 Å². The van der Waals surface area contributed by atoms with Crippen molar-refractivity contribution in [1.82, 2.24) is 5.32 Å². The van der Waals surface area contributed by atoms with Crippen molar-refractivity contribution >= 4 is 0 Å². The molecule has 108 valence electrons. The molecule has 0 bridgehead atoms. The molecule has 0 aromatic heterocycles. The Kier molecular flexibility index (Phi) is 7.30. The summed E-state index contributed by atoms with van der Waals surface area (Å²) in [6, 6.07) is 5.90. The van der Waals surface area contributed by atoms with Crippen molar-refractivity contribution in [1.29, 1.82) is 0 Å². The summed E-state index contributed by atoms with van der Waals surface area (Å²) in [6.07, 6.45) is 2.00. The Morgan fingerprint density at radius 3 is 2.63 bits per heavy atom. The van der Waals surface area contributed by atoms with Crippen molar-refractivity contribution in [2.45, 2.75) is 32.7 Å². The van der Waals surface area contributed by atoms with Crippen LogP contribution < -0.4 is 14.8 Å². The van der Waals surface area contributed by atoms with Gasteiger partial charge in [-0.1, -0.05) is 19.9 Å². The van der Waals surface area contributed by atoms with E-state index in [1.807, 2.05) is 18.2 Å². The van der Waals surface area contributed by atoms with Crippen LogP contribution in [0, 0.1) is 0 Å². The number of rotatable bonds is 9. The topological polar surface area (TPSA) is 50.7 Å². The number of aliphatic hydroxyl groups excluding tert-OH is 1. The van der Waals surface area contributed by atoms with Crippen LogP contribution in [-0.2, 0) is 6.42 Å². The molecule has 1 rings (SSSR count). The van der Waals surface area contributed by atoms with E-state index in [0.717, 1.165) is 30.9 Å². The Balaban J connectivity index is 2.60. The van der Waals surface area contributed by atoms with Crippen molar-refractivity contribution < 1.29 is 14.6 Å². The summed E-state index contributed by atoms with van der Waals surface area (Å²) in [5.41, 5.74) is 1.21. The maximum Gasteiger partial charge on any atom is 0.161 e. The summed E-state index contributed by atoms with van der Waals surface area (Å²) in [4.78, 5) is 0. The van der Waals surface area contributed by atoms with Crippen LogP contribution >= 0.6 is 0 Å². The molecule has 19 heavy (non-hydrogen) atoms.